The molecule has 0 saturated carbocycles. The summed E-state index contributed by atoms with van der Waals surface area (Å²) in [5.41, 5.74) is 6.22. The van der Waals surface area contributed by atoms with Gasteiger partial charge in [-0.3, -0.25) is 9.69 Å². The maximum atomic E-state index is 13.4. The van der Waals surface area contributed by atoms with Gasteiger partial charge in [0.1, 0.15) is 17.2 Å². The number of phenols is 1. The normalized spacial score (nSPS) is 16.2. The van der Waals surface area contributed by atoms with Crippen LogP contribution < -0.4 is 14.4 Å². The number of hydrogen-bond donors (Lipinski definition) is 1. The number of benzene rings is 4. The van der Waals surface area contributed by atoms with Gasteiger partial charge in [0.05, 0.1) is 18.2 Å². The predicted molar refractivity (Wildman–Crippen MR) is 158 cm³/mol. The van der Waals surface area contributed by atoms with Gasteiger partial charge in [0.25, 0.3) is 0 Å². The molecule has 0 spiro atoms. The quantitative estimate of drug-likeness (QED) is 0.294. The molecular weight excluding hydrogens is 500 g/mol. The summed E-state index contributed by atoms with van der Waals surface area (Å²) in [6.45, 7) is 5.75. The van der Waals surface area contributed by atoms with Crippen LogP contribution in [0.2, 0.25) is 0 Å². The molecule has 0 atom stereocenters. The van der Waals surface area contributed by atoms with E-state index >= 15 is 0 Å². The van der Waals surface area contributed by atoms with Gasteiger partial charge in [-0.15, -0.1) is 0 Å². The fourth-order valence-electron chi connectivity index (χ4n) is 5.47. The fraction of sp³-hybridized carbons (Fsp3) is 0.206. The lowest BCUT2D eigenvalue weighted by molar-refractivity contribution is 0.101. The van der Waals surface area contributed by atoms with Gasteiger partial charge in [-0.05, 0) is 65.6 Å². The summed E-state index contributed by atoms with van der Waals surface area (Å²) >= 11 is 0. The molecular formula is C34H32N2O4. The molecule has 0 amide bonds. The van der Waals surface area contributed by atoms with E-state index in [4.69, 9.17) is 9.47 Å². The Morgan fingerprint density at radius 1 is 0.900 bits per heavy atom. The van der Waals surface area contributed by atoms with Crippen LogP contribution in [0.25, 0.3) is 17.2 Å². The van der Waals surface area contributed by atoms with Crippen LogP contribution in [0, 0.1) is 6.92 Å². The number of fused-ring (bicyclic) bond motifs is 1. The highest BCUT2D eigenvalue weighted by atomic mass is 16.5. The van der Waals surface area contributed by atoms with E-state index in [0.717, 1.165) is 48.6 Å². The van der Waals surface area contributed by atoms with Crippen LogP contribution in [0.15, 0.2) is 90.7 Å². The summed E-state index contributed by atoms with van der Waals surface area (Å²) in [6.07, 6.45) is 1.78. The van der Waals surface area contributed by atoms with Crippen molar-refractivity contribution in [3.63, 3.8) is 0 Å². The Balaban J connectivity index is 1.18. The number of phenolic OH excluding ortho intramolecular Hbond substituents is 1. The number of piperazine rings is 1. The Hall–Kier alpha value is -4.55. The number of rotatable bonds is 6. The number of Topliss-reactive ketones (excluding diaryl/α,β-unsaturated/α-hetero) is 1. The Labute approximate surface area is 234 Å². The van der Waals surface area contributed by atoms with Crippen LogP contribution in [0.5, 0.6) is 17.2 Å². The molecule has 0 aliphatic carbocycles. The van der Waals surface area contributed by atoms with E-state index in [1.807, 2.05) is 61.5 Å². The van der Waals surface area contributed by atoms with Crippen molar-refractivity contribution in [1.29, 1.82) is 0 Å². The number of nitrogens with zero attached hydrogens (tertiary/aromatic N) is 2. The van der Waals surface area contributed by atoms with E-state index < -0.39 is 0 Å². The number of allylic oxidation sites excluding steroid dienone is 1. The van der Waals surface area contributed by atoms with Crippen LogP contribution in [0.3, 0.4) is 0 Å². The first-order chi connectivity index (χ1) is 19.5. The Morgan fingerprint density at radius 2 is 1.57 bits per heavy atom. The maximum Gasteiger partial charge on any atom is 0.232 e. The summed E-state index contributed by atoms with van der Waals surface area (Å²) in [5, 5.41) is 10.9. The van der Waals surface area contributed by atoms with Crippen molar-refractivity contribution in [3.8, 4) is 28.4 Å². The first kappa shape index (κ1) is 25.7. The monoisotopic (exact) mass is 532 g/mol. The molecule has 2 heterocycles. The minimum absolute atomic E-state index is 0.148. The van der Waals surface area contributed by atoms with Crippen LogP contribution in [0.1, 0.15) is 27.0 Å². The molecule has 0 bridgehead atoms. The minimum Gasteiger partial charge on any atom is -0.507 e. The number of ketones is 1. The highest BCUT2D eigenvalue weighted by Gasteiger charge is 2.34. The van der Waals surface area contributed by atoms with Gasteiger partial charge < -0.3 is 19.5 Å². The third-order valence-corrected chi connectivity index (χ3v) is 7.73. The second-order valence-electron chi connectivity index (χ2n) is 10.3. The van der Waals surface area contributed by atoms with Crippen molar-refractivity contribution in [2.24, 2.45) is 0 Å². The standard InChI is InChI=1S/C34H32N2O4/c1-23-20-30(37)29(22-35-16-18-36(19-17-35)27-12-14-28(39-2)15-13-27)34-32(23)33(38)31(40-34)21-24-8-10-26(11-9-24)25-6-4-3-5-7-25/h3-15,20-21,37H,16-19,22H2,1-2H3/b31-21+. The molecule has 1 saturated heterocycles. The molecule has 40 heavy (non-hydrogen) atoms. The highest BCUT2D eigenvalue weighted by Crippen LogP contribution is 2.42. The highest BCUT2D eigenvalue weighted by molar-refractivity contribution is 6.15. The fourth-order valence-corrected chi connectivity index (χ4v) is 5.47. The molecule has 4 aromatic carbocycles. The minimum atomic E-state index is -0.148. The second kappa shape index (κ2) is 10.9. The van der Waals surface area contributed by atoms with Crippen molar-refractivity contribution in [2.45, 2.75) is 13.5 Å². The van der Waals surface area contributed by atoms with Gasteiger partial charge in [0.2, 0.25) is 5.78 Å². The maximum absolute atomic E-state index is 13.4. The Kier molecular flexibility index (Phi) is 7.01. The number of methoxy groups -OCH3 is 1. The topological polar surface area (TPSA) is 62.2 Å². The molecule has 4 aromatic rings. The molecule has 2 aliphatic rings. The number of aromatic hydroxyl groups is 1. The summed E-state index contributed by atoms with van der Waals surface area (Å²) in [6, 6.07) is 28.0. The number of anilines is 1. The van der Waals surface area contributed by atoms with E-state index in [2.05, 4.69) is 34.1 Å². The van der Waals surface area contributed by atoms with Crippen molar-refractivity contribution in [2.75, 3.05) is 38.2 Å². The molecule has 1 N–H and O–H groups in total. The van der Waals surface area contributed by atoms with Crippen LogP contribution in [-0.2, 0) is 6.54 Å². The van der Waals surface area contributed by atoms with Crippen LogP contribution in [-0.4, -0.2) is 49.1 Å². The SMILES string of the molecule is COc1ccc(N2CCN(Cc3c(O)cc(C)c4c3O/C(=C/c3ccc(-c5ccccc5)cc3)C4=O)CC2)cc1. The van der Waals surface area contributed by atoms with Gasteiger partial charge in [0, 0.05) is 38.4 Å². The Bertz CT molecular complexity index is 1550. The van der Waals surface area contributed by atoms with Gasteiger partial charge in [-0.2, -0.15) is 0 Å². The third kappa shape index (κ3) is 5.06. The molecule has 6 rings (SSSR count). The zero-order valence-electron chi connectivity index (χ0n) is 22.8. The molecule has 1 fully saturated rings. The summed E-state index contributed by atoms with van der Waals surface area (Å²) in [4.78, 5) is 18.0. The average molecular weight is 533 g/mol. The molecule has 6 nitrogen and oxygen atoms in total. The van der Waals surface area contributed by atoms with E-state index in [1.54, 1.807) is 19.3 Å². The van der Waals surface area contributed by atoms with Crippen molar-refractivity contribution >= 4 is 17.5 Å². The lowest BCUT2D eigenvalue weighted by Gasteiger charge is -2.36. The number of carbonyl (C=O) groups excluding carboxylic acids is 1. The molecule has 6 heteroatoms. The average Bonchev–Trinajstić information content (AvgIpc) is 3.32. The zero-order valence-corrected chi connectivity index (χ0v) is 22.8. The van der Waals surface area contributed by atoms with Gasteiger partial charge in [-0.1, -0.05) is 54.6 Å². The second-order valence-corrected chi connectivity index (χ2v) is 10.3. The molecule has 0 unspecified atom stereocenters. The predicted octanol–water partition coefficient (Wildman–Crippen LogP) is 6.31. The van der Waals surface area contributed by atoms with Gasteiger partial charge >= 0.3 is 0 Å². The lowest BCUT2D eigenvalue weighted by atomic mass is 9.98. The zero-order chi connectivity index (χ0) is 27.6. The van der Waals surface area contributed by atoms with Crippen LogP contribution in [0.4, 0.5) is 5.69 Å². The van der Waals surface area contributed by atoms with E-state index in [9.17, 15) is 9.90 Å². The van der Waals surface area contributed by atoms with E-state index in [0.29, 0.717) is 29.0 Å². The van der Waals surface area contributed by atoms with Crippen LogP contribution >= 0.6 is 0 Å². The first-order valence-electron chi connectivity index (χ1n) is 13.6. The largest absolute Gasteiger partial charge is 0.507 e. The van der Waals surface area contributed by atoms with Crippen molar-refractivity contribution < 1.29 is 19.4 Å². The molecule has 2 aliphatic heterocycles. The number of aryl methyl sites for hydroxylation is 1. The van der Waals surface area contributed by atoms with Gasteiger partial charge in [-0.25, -0.2) is 0 Å². The number of hydrogen-bond acceptors (Lipinski definition) is 6. The summed E-state index contributed by atoms with van der Waals surface area (Å²) in [5.74, 6) is 1.62. The summed E-state index contributed by atoms with van der Waals surface area (Å²) < 4.78 is 11.5. The third-order valence-electron chi connectivity index (χ3n) is 7.73. The molecule has 0 radical (unpaired) electrons. The van der Waals surface area contributed by atoms with Crippen molar-refractivity contribution in [1.82, 2.24) is 4.90 Å². The van der Waals surface area contributed by atoms with Gasteiger partial charge in [0.15, 0.2) is 5.76 Å². The first-order valence-corrected chi connectivity index (χ1v) is 13.6. The van der Waals surface area contributed by atoms with E-state index in [-0.39, 0.29) is 17.3 Å². The number of carbonyl (C=O) groups is 1. The molecule has 0 aromatic heterocycles. The molecule has 202 valence electrons. The summed E-state index contributed by atoms with van der Waals surface area (Å²) in [7, 11) is 1.67. The Morgan fingerprint density at radius 3 is 2.25 bits per heavy atom. The van der Waals surface area contributed by atoms with Crippen molar-refractivity contribution in [3.05, 3.63) is 113 Å². The van der Waals surface area contributed by atoms with E-state index in [1.165, 1.54) is 5.69 Å². The lowest BCUT2D eigenvalue weighted by Crippen LogP contribution is -2.46. The smallest absolute Gasteiger partial charge is 0.232 e. The number of ether oxygens (including phenoxy) is 2.